The second-order valence-corrected chi connectivity index (χ2v) is 5.75. The summed E-state index contributed by atoms with van der Waals surface area (Å²) >= 11 is 0. The van der Waals surface area contributed by atoms with Crippen LogP contribution < -0.4 is 5.73 Å². The van der Waals surface area contributed by atoms with Crippen LogP contribution in [0.3, 0.4) is 0 Å². The van der Waals surface area contributed by atoms with Gasteiger partial charge in [-0.1, -0.05) is 32.8 Å². The number of aromatic nitrogens is 1. The summed E-state index contributed by atoms with van der Waals surface area (Å²) in [5.74, 6) is 0. The summed E-state index contributed by atoms with van der Waals surface area (Å²) in [5, 5.41) is 0. The first-order chi connectivity index (χ1) is 9.24. The fourth-order valence-corrected chi connectivity index (χ4v) is 3.30. The second-order valence-electron chi connectivity index (χ2n) is 5.75. The molecular formula is C16H27N3. The van der Waals surface area contributed by atoms with Gasteiger partial charge < -0.3 is 5.73 Å². The molecule has 2 rings (SSSR count). The van der Waals surface area contributed by atoms with Crippen molar-refractivity contribution in [2.24, 2.45) is 11.1 Å². The van der Waals surface area contributed by atoms with Crippen molar-refractivity contribution >= 4 is 0 Å². The number of hydrogen-bond acceptors (Lipinski definition) is 3. The van der Waals surface area contributed by atoms with Crippen LogP contribution in [0.1, 0.15) is 51.3 Å². The van der Waals surface area contributed by atoms with Crippen LogP contribution in [-0.2, 0) is 0 Å². The summed E-state index contributed by atoms with van der Waals surface area (Å²) < 4.78 is 0. The molecule has 1 aliphatic rings. The number of nitrogens with zero attached hydrogens (tertiary/aromatic N) is 2. The molecule has 0 radical (unpaired) electrons. The van der Waals surface area contributed by atoms with Crippen molar-refractivity contribution in [1.29, 1.82) is 0 Å². The van der Waals surface area contributed by atoms with Gasteiger partial charge in [-0.05, 0) is 43.5 Å². The van der Waals surface area contributed by atoms with E-state index in [1.54, 1.807) is 0 Å². The van der Waals surface area contributed by atoms with Gasteiger partial charge in [0.25, 0.3) is 0 Å². The molecule has 1 aliphatic heterocycles. The molecule has 1 aromatic rings. The summed E-state index contributed by atoms with van der Waals surface area (Å²) in [5.41, 5.74) is 7.67. The average molecular weight is 261 g/mol. The van der Waals surface area contributed by atoms with Gasteiger partial charge in [-0.15, -0.1) is 0 Å². The third kappa shape index (κ3) is 3.15. The highest BCUT2D eigenvalue weighted by Gasteiger charge is 2.33. The second kappa shape index (κ2) is 6.49. The van der Waals surface area contributed by atoms with Crippen LogP contribution in [0.25, 0.3) is 0 Å². The number of pyridine rings is 1. The standard InChI is InChI=1S/C16H27N3/c1-3-16(4-2)8-11-19(12-9-16)15(13-17)14-7-5-6-10-18-14/h5-7,10,15H,3-4,8-9,11-13,17H2,1-2H3. The van der Waals surface area contributed by atoms with Crippen molar-refractivity contribution in [3.05, 3.63) is 30.1 Å². The molecule has 1 aromatic heterocycles. The number of hydrogen-bond donors (Lipinski definition) is 1. The van der Waals surface area contributed by atoms with Gasteiger partial charge in [-0.3, -0.25) is 9.88 Å². The first-order valence-corrected chi connectivity index (χ1v) is 7.59. The predicted molar refractivity (Wildman–Crippen MR) is 79.9 cm³/mol. The fraction of sp³-hybridized carbons (Fsp3) is 0.688. The number of piperidine rings is 1. The van der Waals surface area contributed by atoms with E-state index in [0.29, 0.717) is 12.0 Å². The van der Waals surface area contributed by atoms with Gasteiger partial charge in [0.2, 0.25) is 0 Å². The van der Waals surface area contributed by atoms with E-state index in [-0.39, 0.29) is 6.04 Å². The molecular weight excluding hydrogens is 234 g/mol. The van der Waals surface area contributed by atoms with Gasteiger partial charge in [-0.2, -0.15) is 0 Å². The third-order valence-electron chi connectivity index (χ3n) is 5.05. The summed E-state index contributed by atoms with van der Waals surface area (Å²) in [7, 11) is 0. The molecule has 2 N–H and O–H groups in total. The lowest BCUT2D eigenvalue weighted by Crippen LogP contribution is -2.43. The average Bonchev–Trinajstić information content (AvgIpc) is 2.50. The van der Waals surface area contributed by atoms with Gasteiger partial charge in [0, 0.05) is 12.7 Å². The Morgan fingerprint density at radius 1 is 1.26 bits per heavy atom. The van der Waals surface area contributed by atoms with Gasteiger partial charge in [0.05, 0.1) is 11.7 Å². The first kappa shape index (κ1) is 14.5. The van der Waals surface area contributed by atoms with Gasteiger partial charge in [0.15, 0.2) is 0 Å². The molecule has 0 saturated carbocycles. The van der Waals surface area contributed by atoms with E-state index >= 15 is 0 Å². The molecule has 1 atom stereocenters. The lowest BCUT2D eigenvalue weighted by molar-refractivity contribution is 0.0667. The zero-order valence-corrected chi connectivity index (χ0v) is 12.3. The molecule has 1 unspecified atom stereocenters. The molecule has 1 saturated heterocycles. The molecule has 2 heterocycles. The maximum atomic E-state index is 5.99. The number of rotatable bonds is 5. The monoisotopic (exact) mass is 261 g/mol. The van der Waals surface area contributed by atoms with Crippen LogP contribution in [0.2, 0.25) is 0 Å². The Morgan fingerprint density at radius 2 is 1.95 bits per heavy atom. The van der Waals surface area contributed by atoms with Crippen LogP contribution in [0, 0.1) is 5.41 Å². The van der Waals surface area contributed by atoms with Gasteiger partial charge in [-0.25, -0.2) is 0 Å². The Morgan fingerprint density at radius 3 is 2.42 bits per heavy atom. The summed E-state index contributed by atoms with van der Waals surface area (Å²) in [6.45, 7) is 7.62. The van der Waals surface area contributed by atoms with Crippen molar-refractivity contribution in [3.63, 3.8) is 0 Å². The largest absolute Gasteiger partial charge is 0.329 e. The number of likely N-dealkylation sites (tertiary alicyclic amines) is 1. The zero-order chi connectivity index (χ0) is 13.7. The van der Waals surface area contributed by atoms with E-state index in [1.165, 1.54) is 25.7 Å². The Labute approximate surface area is 117 Å². The highest BCUT2D eigenvalue weighted by atomic mass is 15.2. The normalized spacial score (nSPS) is 21.2. The first-order valence-electron chi connectivity index (χ1n) is 7.59. The highest BCUT2D eigenvalue weighted by Crippen LogP contribution is 2.39. The Bertz CT molecular complexity index is 363. The van der Waals surface area contributed by atoms with Crippen LogP contribution in [-0.4, -0.2) is 29.5 Å². The fourth-order valence-electron chi connectivity index (χ4n) is 3.30. The molecule has 0 aliphatic carbocycles. The maximum absolute atomic E-state index is 5.99. The van der Waals surface area contributed by atoms with Crippen molar-refractivity contribution in [1.82, 2.24) is 9.88 Å². The molecule has 0 spiro atoms. The van der Waals surface area contributed by atoms with Crippen LogP contribution in [0.4, 0.5) is 0 Å². The zero-order valence-electron chi connectivity index (χ0n) is 12.3. The summed E-state index contributed by atoms with van der Waals surface area (Å²) in [6, 6.07) is 6.40. The molecule has 0 aromatic carbocycles. The van der Waals surface area contributed by atoms with E-state index in [9.17, 15) is 0 Å². The van der Waals surface area contributed by atoms with Gasteiger partial charge >= 0.3 is 0 Å². The summed E-state index contributed by atoms with van der Waals surface area (Å²) in [6.07, 6.45) is 7.05. The third-order valence-corrected chi connectivity index (χ3v) is 5.05. The lowest BCUT2D eigenvalue weighted by Gasteiger charge is -2.43. The SMILES string of the molecule is CCC1(CC)CCN(C(CN)c2ccccn2)CC1. The minimum atomic E-state index is 0.285. The topological polar surface area (TPSA) is 42.1 Å². The molecule has 106 valence electrons. The van der Waals surface area contributed by atoms with Crippen LogP contribution in [0.5, 0.6) is 0 Å². The van der Waals surface area contributed by atoms with Crippen molar-refractivity contribution < 1.29 is 0 Å². The Hall–Kier alpha value is -0.930. The van der Waals surface area contributed by atoms with Crippen molar-refractivity contribution in [3.8, 4) is 0 Å². The van der Waals surface area contributed by atoms with Gasteiger partial charge in [0.1, 0.15) is 0 Å². The molecule has 1 fully saturated rings. The van der Waals surface area contributed by atoms with E-state index in [4.69, 9.17) is 5.73 Å². The minimum absolute atomic E-state index is 0.285. The molecule has 0 amide bonds. The van der Waals surface area contributed by atoms with Crippen molar-refractivity contribution in [2.75, 3.05) is 19.6 Å². The summed E-state index contributed by atoms with van der Waals surface area (Å²) in [4.78, 5) is 7.00. The Kier molecular flexibility index (Phi) is 4.94. The minimum Gasteiger partial charge on any atom is -0.329 e. The lowest BCUT2D eigenvalue weighted by atomic mass is 9.74. The molecule has 3 nitrogen and oxygen atoms in total. The van der Waals surface area contributed by atoms with E-state index in [1.807, 2.05) is 12.3 Å². The van der Waals surface area contributed by atoms with Crippen LogP contribution >= 0.6 is 0 Å². The van der Waals surface area contributed by atoms with E-state index in [0.717, 1.165) is 18.8 Å². The van der Waals surface area contributed by atoms with Crippen LogP contribution in [0.15, 0.2) is 24.4 Å². The maximum Gasteiger partial charge on any atom is 0.0644 e. The van der Waals surface area contributed by atoms with E-state index in [2.05, 4.69) is 35.9 Å². The number of nitrogens with two attached hydrogens (primary N) is 1. The molecule has 19 heavy (non-hydrogen) atoms. The van der Waals surface area contributed by atoms with E-state index < -0.39 is 0 Å². The molecule has 0 bridgehead atoms. The van der Waals surface area contributed by atoms with Crippen molar-refractivity contribution in [2.45, 2.75) is 45.6 Å². The smallest absolute Gasteiger partial charge is 0.0644 e. The quantitative estimate of drug-likeness (QED) is 0.886. The molecule has 3 heteroatoms. The highest BCUT2D eigenvalue weighted by molar-refractivity contribution is 5.10. The Balaban J connectivity index is 2.03. The predicted octanol–water partition coefficient (Wildman–Crippen LogP) is 2.98.